The Kier molecular flexibility index (Phi) is 7.21. The van der Waals surface area contributed by atoms with Crippen molar-refractivity contribution in [2.24, 2.45) is 5.92 Å². The minimum atomic E-state index is -0.380. The van der Waals surface area contributed by atoms with Crippen molar-refractivity contribution in [2.75, 3.05) is 0 Å². The Balaban J connectivity index is 1.84. The first kappa shape index (κ1) is 25.2. The van der Waals surface area contributed by atoms with Gasteiger partial charge >= 0.3 is 5.97 Å². The highest BCUT2D eigenvalue weighted by Crippen LogP contribution is 2.41. The van der Waals surface area contributed by atoms with Crippen LogP contribution in [-0.2, 0) is 26.8 Å². The highest BCUT2D eigenvalue weighted by Gasteiger charge is 2.30. The Morgan fingerprint density at radius 3 is 2.00 bits per heavy atom. The molecule has 2 unspecified atom stereocenters. The van der Waals surface area contributed by atoms with E-state index in [1.165, 1.54) is 5.56 Å². The first-order chi connectivity index (χ1) is 15.3. The zero-order valence-electron chi connectivity index (χ0n) is 21.7. The third-order valence-electron chi connectivity index (χ3n) is 6.80. The van der Waals surface area contributed by atoms with E-state index in [2.05, 4.69) is 72.7 Å². The van der Waals surface area contributed by atoms with Gasteiger partial charge in [0, 0.05) is 23.5 Å². The molecule has 1 fully saturated rings. The summed E-state index contributed by atoms with van der Waals surface area (Å²) in [5.74, 6) is 0.626. The molecule has 1 saturated carbocycles. The number of aryl methyl sites for hydroxylation is 1. The fourth-order valence-electron chi connectivity index (χ4n) is 4.65. The van der Waals surface area contributed by atoms with Gasteiger partial charge in [-0.05, 0) is 55.1 Å². The van der Waals surface area contributed by atoms with Crippen LogP contribution in [0.2, 0.25) is 0 Å². The van der Waals surface area contributed by atoms with Crippen molar-refractivity contribution in [3.8, 4) is 5.75 Å². The van der Waals surface area contributed by atoms with Gasteiger partial charge in [0.15, 0.2) is 0 Å². The minimum Gasteiger partial charge on any atom is -0.425 e. The number of ether oxygens (including phenoxy) is 1. The Hall–Kier alpha value is -2.42. The molecule has 0 radical (unpaired) electrons. The van der Waals surface area contributed by atoms with Crippen molar-refractivity contribution in [1.82, 2.24) is 0 Å². The molecule has 0 bridgehead atoms. The molecule has 0 amide bonds. The molecule has 1 aliphatic carbocycles. The van der Waals surface area contributed by atoms with Gasteiger partial charge in [-0.2, -0.15) is 0 Å². The largest absolute Gasteiger partial charge is 0.425 e. The second-order valence-corrected chi connectivity index (χ2v) is 11.8. The number of benzene rings is 2. The lowest BCUT2D eigenvalue weighted by atomic mass is 9.78. The molecule has 33 heavy (non-hydrogen) atoms. The van der Waals surface area contributed by atoms with Crippen molar-refractivity contribution < 1.29 is 14.3 Å². The third-order valence-corrected chi connectivity index (χ3v) is 6.80. The van der Waals surface area contributed by atoms with Crippen LogP contribution in [0.3, 0.4) is 0 Å². The maximum absolute atomic E-state index is 13.3. The topological polar surface area (TPSA) is 43.4 Å². The Bertz CT molecular complexity index is 981. The first-order valence-electron chi connectivity index (χ1n) is 12.3. The molecular weight excluding hydrogens is 408 g/mol. The van der Waals surface area contributed by atoms with Crippen LogP contribution < -0.4 is 4.74 Å². The SMILES string of the molecule is Cc1cc(C(C)(C)C)c(OC(=O)C(C)c2ccc(CC3CCCC3=O)cc2)c(C(C)(C)C)c1. The number of esters is 1. The molecule has 2 aromatic carbocycles. The van der Waals surface area contributed by atoms with Crippen molar-refractivity contribution in [2.45, 2.75) is 97.8 Å². The van der Waals surface area contributed by atoms with Gasteiger partial charge < -0.3 is 4.74 Å². The predicted molar refractivity (Wildman–Crippen MR) is 135 cm³/mol. The molecule has 0 spiro atoms. The van der Waals surface area contributed by atoms with Gasteiger partial charge in [-0.15, -0.1) is 0 Å². The van der Waals surface area contributed by atoms with E-state index in [9.17, 15) is 9.59 Å². The average molecular weight is 449 g/mol. The maximum Gasteiger partial charge on any atom is 0.318 e. The fraction of sp³-hybridized carbons (Fsp3) is 0.533. The van der Waals surface area contributed by atoms with E-state index >= 15 is 0 Å². The molecule has 3 nitrogen and oxygen atoms in total. The summed E-state index contributed by atoms with van der Waals surface area (Å²) in [6, 6.07) is 12.4. The number of hydrogen-bond donors (Lipinski definition) is 0. The molecule has 3 heteroatoms. The average Bonchev–Trinajstić information content (AvgIpc) is 3.11. The van der Waals surface area contributed by atoms with Crippen molar-refractivity contribution in [3.63, 3.8) is 0 Å². The van der Waals surface area contributed by atoms with Gasteiger partial charge in [0.1, 0.15) is 11.5 Å². The molecule has 0 aromatic heterocycles. The normalized spacial score (nSPS) is 17.8. The summed E-state index contributed by atoms with van der Waals surface area (Å²) in [5, 5.41) is 0. The molecule has 3 rings (SSSR count). The summed E-state index contributed by atoms with van der Waals surface area (Å²) in [6.07, 6.45) is 3.52. The van der Waals surface area contributed by atoms with Crippen molar-refractivity contribution in [3.05, 3.63) is 64.2 Å². The second-order valence-electron chi connectivity index (χ2n) is 11.8. The zero-order valence-corrected chi connectivity index (χ0v) is 21.7. The third kappa shape index (κ3) is 5.93. The summed E-state index contributed by atoms with van der Waals surface area (Å²) in [7, 11) is 0. The number of carbonyl (C=O) groups is 2. The number of carbonyl (C=O) groups excluding carboxylic acids is 2. The summed E-state index contributed by atoms with van der Waals surface area (Å²) < 4.78 is 6.17. The Morgan fingerprint density at radius 2 is 1.55 bits per heavy atom. The first-order valence-corrected chi connectivity index (χ1v) is 12.3. The van der Waals surface area contributed by atoms with E-state index in [0.717, 1.165) is 47.9 Å². The maximum atomic E-state index is 13.3. The van der Waals surface area contributed by atoms with Gasteiger partial charge in [0.2, 0.25) is 0 Å². The molecule has 2 atom stereocenters. The number of ketones is 1. The molecule has 0 N–H and O–H groups in total. The van der Waals surface area contributed by atoms with Crippen LogP contribution in [0.25, 0.3) is 0 Å². The summed E-state index contributed by atoms with van der Waals surface area (Å²) in [6.45, 7) is 16.9. The molecule has 0 saturated heterocycles. The summed E-state index contributed by atoms with van der Waals surface area (Å²) in [4.78, 5) is 25.3. The second kappa shape index (κ2) is 9.44. The smallest absolute Gasteiger partial charge is 0.318 e. The summed E-state index contributed by atoms with van der Waals surface area (Å²) in [5.41, 5.74) is 5.09. The van der Waals surface area contributed by atoms with Crippen LogP contribution in [0.5, 0.6) is 5.75 Å². The van der Waals surface area contributed by atoms with E-state index in [1.54, 1.807) is 0 Å². The Morgan fingerprint density at radius 1 is 1.00 bits per heavy atom. The van der Waals surface area contributed by atoms with Crippen LogP contribution in [0.1, 0.15) is 101 Å². The molecule has 2 aromatic rings. The standard InChI is InChI=1S/C30H40O3/c1-19-16-24(29(3,4)5)27(25(17-19)30(6,7)8)33-28(32)20(2)22-14-12-21(13-15-22)18-23-10-9-11-26(23)31/h12-17,20,23H,9-11,18H2,1-8H3. The quantitative estimate of drug-likeness (QED) is 0.358. The molecule has 0 heterocycles. The van der Waals surface area contributed by atoms with Gasteiger partial charge in [-0.3, -0.25) is 9.59 Å². The molecule has 1 aliphatic rings. The molecule has 178 valence electrons. The van der Waals surface area contributed by atoms with E-state index in [1.807, 2.05) is 19.1 Å². The highest BCUT2D eigenvalue weighted by molar-refractivity contribution is 5.83. The lowest BCUT2D eigenvalue weighted by Gasteiger charge is -2.30. The van der Waals surface area contributed by atoms with E-state index in [4.69, 9.17) is 4.74 Å². The predicted octanol–water partition coefficient (Wildman–Crippen LogP) is 7.21. The number of hydrogen-bond acceptors (Lipinski definition) is 3. The lowest BCUT2D eigenvalue weighted by molar-refractivity contribution is -0.135. The Labute approximate surface area is 199 Å². The van der Waals surface area contributed by atoms with Gasteiger partial charge in [0.05, 0.1) is 5.92 Å². The number of rotatable bonds is 5. The summed E-state index contributed by atoms with van der Waals surface area (Å²) >= 11 is 0. The van der Waals surface area contributed by atoms with E-state index in [0.29, 0.717) is 11.5 Å². The molecule has 0 aliphatic heterocycles. The van der Waals surface area contributed by atoms with Crippen LogP contribution in [0.15, 0.2) is 36.4 Å². The lowest BCUT2D eigenvalue weighted by Crippen LogP contribution is -2.24. The minimum absolute atomic E-state index is 0.149. The van der Waals surface area contributed by atoms with Crippen LogP contribution in [0.4, 0.5) is 0 Å². The fourth-order valence-corrected chi connectivity index (χ4v) is 4.65. The zero-order chi connectivity index (χ0) is 24.6. The van der Waals surface area contributed by atoms with Crippen LogP contribution in [0, 0.1) is 12.8 Å². The van der Waals surface area contributed by atoms with Gasteiger partial charge in [-0.25, -0.2) is 0 Å². The highest BCUT2D eigenvalue weighted by atomic mass is 16.5. The van der Waals surface area contributed by atoms with Crippen molar-refractivity contribution >= 4 is 11.8 Å². The monoisotopic (exact) mass is 448 g/mol. The van der Waals surface area contributed by atoms with Gasteiger partial charge in [0.25, 0.3) is 0 Å². The molecular formula is C30H40O3. The number of Topliss-reactive ketones (excluding diaryl/α,β-unsaturated/α-hetero) is 1. The van der Waals surface area contributed by atoms with Crippen LogP contribution >= 0.6 is 0 Å². The van der Waals surface area contributed by atoms with Gasteiger partial charge in [-0.1, -0.05) is 83.5 Å². The van der Waals surface area contributed by atoms with Crippen molar-refractivity contribution in [1.29, 1.82) is 0 Å². The van der Waals surface area contributed by atoms with Crippen LogP contribution in [-0.4, -0.2) is 11.8 Å². The van der Waals surface area contributed by atoms with E-state index < -0.39 is 0 Å². The van der Waals surface area contributed by atoms with E-state index in [-0.39, 0.29) is 28.6 Å².